The average Bonchev–Trinajstić information content (AvgIpc) is 2.84. The van der Waals surface area contributed by atoms with Crippen LogP contribution in [0.15, 0.2) is 22.7 Å². The highest BCUT2D eigenvalue weighted by molar-refractivity contribution is 8.00. The summed E-state index contributed by atoms with van der Waals surface area (Å²) in [7, 11) is -1.03. The Bertz CT molecular complexity index is 445. The van der Waals surface area contributed by atoms with E-state index in [1.165, 1.54) is 0 Å². The van der Waals surface area contributed by atoms with E-state index < -0.39 is 8.07 Å². The van der Waals surface area contributed by atoms with Gasteiger partial charge in [0.2, 0.25) is 5.16 Å². The van der Waals surface area contributed by atoms with Gasteiger partial charge in [0.1, 0.15) is 0 Å². The molecule has 2 rings (SSSR count). The molecule has 0 unspecified atom stereocenters. The van der Waals surface area contributed by atoms with Crippen LogP contribution in [0.25, 0.3) is 10.7 Å². The highest BCUT2D eigenvalue weighted by atomic mass is 32.2. The van der Waals surface area contributed by atoms with Gasteiger partial charge in [0.15, 0.2) is 5.82 Å². The molecule has 0 aliphatic heterocycles. The minimum absolute atomic E-state index is 0.867. The molecule has 0 aliphatic carbocycles. The van der Waals surface area contributed by atoms with Gasteiger partial charge in [-0.2, -0.15) is 0 Å². The number of H-pyrrole nitrogens is 1. The van der Waals surface area contributed by atoms with Crippen LogP contribution in [0.5, 0.6) is 0 Å². The topological polar surface area (TPSA) is 41.6 Å². The predicted octanol–water partition coefficient (Wildman–Crippen LogP) is 3.50. The van der Waals surface area contributed by atoms with Crippen LogP contribution in [0, 0.1) is 0 Å². The SMILES string of the molecule is C[Si](C)(C)CSc1n[nH]c(-c2cccs2)n1. The first-order chi connectivity index (χ1) is 7.54. The van der Waals surface area contributed by atoms with E-state index in [2.05, 4.69) is 40.9 Å². The fourth-order valence-corrected chi connectivity index (χ4v) is 4.29. The first-order valence-electron chi connectivity index (χ1n) is 5.14. The van der Waals surface area contributed by atoms with Crippen molar-refractivity contribution in [2.75, 3.05) is 5.38 Å². The molecule has 0 aliphatic rings. The summed E-state index contributed by atoms with van der Waals surface area (Å²) < 4.78 is 0. The molecule has 0 amide bonds. The number of thiophene rings is 1. The van der Waals surface area contributed by atoms with Gasteiger partial charge >= 0.3 is 0 Å². The number of aromatic amines is 1. The molecule has 1 N–H and O–H groups in total. The summed E-state index contributed by atoms with van der Waals surface area (Å²) >= 11 is 3.44. The normalized spacial score (nSPS) is 11.9. The summed E-state index contributed by atoms with van der Waals surface area (Å²) in [5.41, 5.74) is 0. The first kappa shape index (κ1) is 11.9. The molecule has 0 atom stereocenters. The van der Waals surface area contributed by atoms with Gasteiger partial charge in [-0.15, -0.1) is 16.4 Å². The number of nitrogens with zero attached hydrogens (tertiary/aromatic N) is 2. The molecule has 2 heterocycles. The first-order valence-corrected chi connectivity index (χ1v) is 10.7. The maximum absolute atomic E-state index is 4.48. The number of aromatic nitrogens is 3. The Hall–Kier alpha value is -0.593. The zero-order valence-corrected chi connectivity index (χ0v) is 12.3. The van der Waals surface area contributed by atoms with E-state index in [-0.39, 0.29) is 0 Å². The van der Waals surface area contributed by atoms with Crippen molar-refractivity contribution in [1.29, 1.82) is 0 Å². The van der Waals surface area contributed by atoms with Gasteiger partial charge in [0.05, 0.1) is 13.0 Å². The average molecular weight is 269 g/mol. The van der Waals surface area contributed by atoms with Gasteiger partial charge < -0.3 is 0 Å². The van der Waals surface area contributed by atoms with Crippen LogP contribution in [-0.2, 0) is 0 Å². The summed E-state index contributed by atoms with van der Waals surface area (Å²) in [6.07, 6.45) is 0. The third kappa shape index (κ3) is 3.20. The smallest absolute Gasteiger partial charge is 0.208 e. The molecule has 6 heteroatoms. The summed E-state index contributed by atoms with van der Waals surface area (Å²) in [5.74, 6) is 0.882. The Morgan fingerprint density at radius 2 is 2.25 bits per heavy atom. The molecule has 2 aromatic heterocycles. The van der Waals surface area contributed by atoms with Gasteiger partial charge in [0, 0.05) is 0 Å². The van der Waals surface area contributed by atoms with E-state index in [1.54, 1.807) is 23.1 Å². The number of rotatable bonds is 4. The van der Waals surface area contributed by atoms with Gasteiger partial charge in [0.25, 0.3) is 0 Å². The van der Waals surface area contributed by atoms with E-state index in [1.807, 2.05) is 11.4 Å². The van der Waals surface area contributed by atoms with Gasteiger partial charge in [-0.05, 0) is 16.8 Å². The summed E-state index contributed by atoms with van der Waals surface area (Å²) in [5, 5.41) is 11.3. The van der Waals surface area contributed by atoms with E-state index in [0.29, 0.717) is 0 Å². The maximum Gasteiger partial charge on any atom is 0.208 e. The summed E-state index contributed by atoms with van der Waals surface area (Å²) in [6, 6.07) is 4.08. The quantitative estimate of drug-likeness (QED) is 0.682. The molecule has 0 aromatic carbocycles. The lowest BCUT2D eigenvalue weighted by Gasteiger charge is -2.12. The zero-order valence-electron chi connectivity index (χ0n) is 9.65. The highest BCUT2D eigenvalue weighted by Crippen LogP contribution is 2.24. The van der Waals surface area contributed by atoms with E-state index in [4.69, 9.17) is 0 Å². The number of thioether (sulfide) groups is 1. The Kier molecular flexibility index (Phi) is 3.51. The Labute approximate surface area is 105 Å². The molecule has 16 heavy (non-hydrogen) atoms. The van der Waals surface area contributed by atoms with E-state index in [9.17, 15) is 0 Å². The molecule has 2 aromatic rings. The molecule has 0 fully saturated rings. The predicted molar refractivity (Wildman–Crippen MR) is 73.8 cm³/mol. The van der Waals surface area contributed by atoms with Crippen LogP contribution in [-0.4, -0.2) is 28.6 Å². The third-order valence-electron chi connectivity index (χ3n) is 1.85. The number of hydrogen-bond acceptors (Lipinski definition) is 4. The van der Waals surface area contributed by atoms with Crippen molar-refractivity contribution in [3.05, 3.63) is 17.5 Å². The second-order valence-electron chi connectivity index (χ2n) is 4.79. The lowest BCUT2D eigenvalue weighted by molar-refractivity contribution is 0.976. The van der Waals surface area contributed by atoms with E-state index >= 15 is 0 Å². The van der Waals surface area contributed by atoms with Crippen molar-refractivity contribution in [2.45, 2.75) is 24.8 Å². The lowest BCUT2D eigenvalue weighted by Crippen LogP contribution is -2.23. The van der Waals surface area contributed by atoms with Crippen LogP contribution in [0.1, 0.15) is 0 Å². The van der Waals surface area contributed by atoms with Crippen molar-refractivity contribution >= 4 is 31.2 Å². The van der Waals surface area contributed by atoms with Gasteiger partial charge in [-0.3, -0.25) is 5.10 Å². The zero-order chi connectivity index (χ0) is 11.6. The molecular weight excluding hydrogens is 254 g/mol. The second-order valence-corrected chi connectivity index (χ2v) is 12.7. The number of hydrogen-bond donors (Lipinski definition) is 1. The van der Waals surface area contributed by atoms with Crippen LogP contribution >= 0.6 is 23.1 Å². The minimum Gasteiger partial charge on any atom is -0.257 e. The van der Waals surface area contributed by atoms with Crippen LogP contribution in [0.4, 0.5) is 0 Å². The van der Waals surface area contributed by atoms with E-state index in [0.717, 1.165) is 21.2 Å². The van der Waals surface area contributed by atoms with Crippen LogP contribution in [0.2, 0.25) is 19.6 Å². The monoisotopic (exact) mass is 269 g/mol. The molecule has 0 saturated carbocycles. The van der Waals surface area contributed by atoms with Crippen molar-refractivity contribution < 1.29 is 0 Å². The molecule has 86 valence electrons. The standard InChI is InChI=1S/C10H15N3S2Si/c1-16(2,3)7-15-10-11-9(12-13-10)8-5-4-6-14-8/h4-6H,7H2,1-3H3,(H,11,12,13). The Morgan fingerprint density at radius 3 is 2.88 bits per heavy atom. The minimum atomic E-state index is -1.03. The third-order valence-corrected chi connectivity index (χ3v) is 7.21. The fourth-order valence-electron chi connectivity index (χ4n) is 1.12. The molecule has 3 nitrogen and oxygen atoms in total. The van der Waals surface area contributed by atoms with Crippen molar-refractivity contribution in [3.63, 3.8) is 0 Å². The van der Waals surface area contributed by atoms with Crippen molar-refractivity contribution in [3.8, 4) is 10.7 Å². The van der Waals surface area contributed by atoms with Crippen LogP contribution < -0.4 is 0 Å². The molecule has 0 saturated heterocycles. The number of nitrogens with one attached hydrogen (secondary N) is 1. The Balaban J connectivity index is 2.03. The molecular formula is C10H15N3S2Si. The van der Waals surface area contributed by atoms with Crippen LogP contribution in [0.3, 0.4) is 0 Å². The Morgan fingerprint density at radius 1 is 1.44 bits per heavy atom. The van der Waals surface area contributed by atoms with Gasteiger partial charge in [-0.1, -0.05) is 37.5 Å². The second kappa shape index (κ2) is 4.73. The molecule has 0 bridgehead atoms. The highest BCUT2D eigenvalue weighted by Gasteiger charge is 2.15. The lowest BCUT2D eigenvalue weighted by atomic mass is 10.4. The summed E-state index contributed by atoms with van der Waals surface area (Å²) in [4.78, 5) is 5.63. The van der Waals surface area contributed by atoms with Crippen molar-refractivity contribution in [2.24, 2.45) is 0 Å². The maximum atomic E-state index is 4.48. The van der Waals surface area contributed by atoms with Gasteiger partial charge in [-0.25, -0.2) is 4.98 Å². The van der Waals surface area contributed by atoms with Crippen molar-refractivity contribution in [1.82, 2.24) is 15.2 Å². The molecule has 0 radical (unpaired) electrons. The largest absolute Gasteiger partial charge is 0.257 e. The fraction of sp³-hybridized carbons (Fsp3) is 0.400. The summed E-state index contributed by atoms with van der Waals surface area (Å²) in [6.45, 7) is 7.06. The molecule has 0 spiro atoms.